The molecule has 1 radical (unpaired) electrons. The maximum absolute atomic E-state index is 2.78. The van der Waals surface area contributed by atoms with E-state index in [2.05, 4.69) is 36.8 Å². The van der Waals surface area contributed by atoms with Crippen molar-refractivity contribution in [1.82, 2.24) is 0 Å². The molecule has 0 aliphatic heterocycles. The number of benzene rings is 2. The van der Waals surface area contributed by atoms with Crippen LogP contribution < -0.4 is 0 Å². The van der Waals surface area contributed by atoms with Gasteiger partial charge < -0.3 is 0 Å². The summed E-state index contributed by atoms with van der Waals surface area (Å²) in [6.07, 6.45) is 24.6. The molecule has 4 aliphatic rings. The Hall–Kier alpha value is -1.82. The highest BCUT2D eigenvalue weighted by atomic mass is 14.3. The summed E-state index contributed by atoms with van der Waals surface area (Å²) in [4.78, 5) is 0. The first-order chi connectivity index (χ1) is 15.9. The molecule has 0 amide bonds. The number of fused-ring (bicyclic) bond motifs is 4. The highest BCUT2D eigenvalue weighted by molar-refractivity contribution is 5.88. The summed E-state index contributed by atoms with van der Waals surface area (Å²) in [5.41, 5.74) is 12.3. The normalized spacial score (nSPS) is 23.0. The molecule has 0 aromatic heterocycles. The van der Waals surface area contributed by atoms with Gasteiger partial charge in [0.05, 0.1) is 0 Å². The zero-order valence-electron chi connectivity index (χ0n) is 19.9. The van der Waals surface area contributed by atoms with Crippen LogP contribution in [0.15, 0.2) is 52.6 Å². The molecule has 0 bridgehead atoms. The molecule has 0 saturated heterocycles. The Morgan fingerprint density at radius 2 is 1.28 bits per heavy atom. The van der Waals surface area contributed by atoms with Crippen molar-refractivity contribution < 1.29 is 0 Å². The van der Waals surface area contributed by atoms with Crippen molar-refractivity contribution in [3.8, 4) is 0 Å². The van der Waals surface area contributed by atoms with Crippen LogP contribution in [0.4, 0.5) is 0 Å². The van der Waals surface area contributed by atoms with E-state index in [9.17, 15) is 0 Å². The van der Waals surface area contributed by atoms with Crippen LogP contribution in [0.2, 0.25) is 0 Å². The number of allylic oxidation sites excluding steroid dienone is 4. The summed E-state index contributed by atoms with van der Waals surface area (Å²) in [7, 11) is 0. The third-order valence-electron chi connectivity index (χ3n) is 8.89. The third-order valence-corrected chi connectivity index (χ3v) is 8.89. The van der Waals surface area contributed by atoms with Gasteiger partial charge in [-0.3, -0.25) is 0 Å². The van der Waals surface area contributed by atoms with Gasteiger partial charge in [-0.25, -0.2) is 0 Å². The molecule has 6 rings (SSSR count). The number of aryl methyl sites for hydroxylation is 1. The van der Waals surface area contributed by atoms with Crippen LogP contribution >= 0.6 is 0 Å². The molecule has 2 aromatic carbocycles. The van der Waals surface area contributed by atoms with Gasteiger partial charge in [0.25, 0.3) is 0 Å². The quantitative estimate of drug-likeness (QED) is 0.401. The van der Waals surface area contributed by atoms with Crippen LogP contribution in [-0.4, -0.2) is 0 Å². The first-order valence-electron chi connectivity index (χ1n) is 13.7. The highest BCUT2D eigenvalue weighted by Crippen LogP contribution is 2.47. The maximum atomic E-state index is 2.78. The van der Waals surface area contributed by atoms with Gasteiger partial charge in [-0.1, -0.05) is 60.7 Å². The molecular formula is C32H39. The Kier molecular flexibility index (Phi) is 5.97. The molecule has 0 heterocycles. The second-order valence-electron chi connectivity index (χ2n) is 10.9. The molecule has 0 N–H and O–H groups in total. The first-order valence-corrected chi connectivity index (χ1v) is 13.7. The van der Waals surface area contributed by atoms with Crippen molar-refractivity contribution in [3.05, 3.63) is 75.7 Å². The van der Waals surface area contributed by atoms with Gasteiger partial charge in [-0.2, -0.15) is 0 Å². The lowest BCUT2D eigenvalue weighted by Gasteiger charge is -2.25. The van der Waals surface area contributed by atoms with Gasteiger partial charge in [0.15, 0.2) is 0 Å². The Balaban J connectivity index is 1.50. The summed E-state index contributed by atoms with van der Waals surface area (Å²) in [6.45, 7) is 0. The van der Waals surface area contributed by atoms with Crippen molar-refractivity contribution in [2.24, 2.45) is 0 Å². The number of hydrogen-bond donors (Lipinski definition) is 0. The van der Waals surface area contributed by atoms with Crippen molar-refractivity contribution in [1.29, 1.82) is 0 Å². The molecule has 0 fully saturated rings. The fourth-order valence-electron chi connectivity index (χ4n) is 7.32. The molecular weight excluding hydrogens is 384 g/mol. The maximum Gasteiger partial charge on any atom is -0.00497 e. The molecule has 4 aliphatic carbocycles. The van der Waals surface area contributed by atoms with E-state index >= 15 is 0 Å². The molecule has 0 heteroatoms. The molecule has 167 valence electrons. The summed E-state index contributed by atoms with van der Waals surface area (Å²) in [5.74, 6) is 0.583. The van der Waals surface area contributed by atoms with Crippen molar-refractivity contribution in [3.63, 3.8) is 0 Å². The zero-order valence-corrected chi connectivity index (χ0v) is 19.9. The fraction of sp³-hybridized carbons (Fsp3) is 0.531. The van der Waals surface area contributed by atoms with E-state index in [1.807, 2.05) is 11.1 Å². The van der Waals surface area contributed by atoms with E-state index in [0.29, 0.717) is 5.92 Å². The SMILES string of the molecule is [CH]1C2=C(CCCCC2)C2=C(CCCCC2)CC1c1cc2ccccc2c2c1CCCCC2. The van der Waals surface area contributed by atoms with E-state index < -0.39 is 0 Å². The molecule has 0 spiro atoms. The first kappa shape index (κ1) is 20.8. The Morgan fingerprint density at radius 1 is 0.594 bits per heavy atom. The molecule has 32 heavy (non-hydrogen) atoms. The van der Waals surface area contributed by atoms with Gasteiger partial charge in [-0.05, 0) is 134 Å². The lowest BCUT2D eigenvalue weighted by atomic mass is 9.80. The molecule has 2 aromatic rings. The molecule has 0 nitrogen and oxygen atoms in total. The molecule has 1 atom stereocenters. The minimum absolute atomic E-state index is 0.583. The molecule has 0 saturated carbocycles. The van der Waals surface area contributed by atoms with Crippen LogP contribution in [0.1, 0.15) is 112 Å². The monoisotopic (exact) mass is 423 g/mol. The van der Waals surface area contributed by atoms with E-state index in [0.717, 1.165) is 0 Å². The molecule has 1 unspecified atom stereocenters. The van der Waals surface area contributed by atoms with Gasteiger partial charge in [0.1, 0.15) is 0 Å². The number of rotatable bonds is 1. The van der Waals surface area contributed by atoms with Gasteiger partial charge >= 0.3 is 0 Å². The summed E-state index contributed by atoms with van der Waals surface area (Å²) < 4.78 is 0. The summed E-state index contributed by atoms with van der Waals surface area (Å²) >= 11 is 0. The topological polar surface area (TPSA) is 0 Å². The van der Waals surface area contributed by atoms with Crippen LogP contribution in [0.25, 0.3) is 10.8 Å². The minimum atomic E-state index is 0.583. The van der Waals surface area contributed by atoms with Crippen LogP contribution in [0, 0.1) is 6.42 Å². The average Bonchev–Trinajstić information content (AvgIpc) is 3.33. The van der Waals surface area contributed by atoms with E-state index in [4.69, 9.17) is 0 Å². The Bertz CT molecular complexity index is 1030. The zero-order chi connectivity index (χ0) is 21.3. The largest absolute Gasteiger partial charge is 0.0661 e. The standard InChI is InChI=1S/C32H39/c1-4-12-23-20-26(21-24-13-5-2-7-16-28(24)27(23)15-6-1)32-22-25-14-10-11-17-29(25)30-18-8-3-9-19-31(30)32/h10-11,14,17,20,22,26H,1-9,12-13,15-16,18-19,21H2. The van der Waals surface area contributed by atoms with Gasteiger partial charge in [-0.15, -0.1) is 0 Å². The predicted molar refractivity (Wildman–Crippen MR) is 137 cm³/mol. The second kappa shape index (κ2) is 9.20. The Morgan fingerprint density at radius 3 is 2.16 bits per heavy atom. The summed E-state index contributed by atoms with van der Waals surface area (Å²) in [6, 6.07) is 11.9. The van der Waals surface area contributed by atoms with Crippen molar-refractivity contribution in [2.75, 3.05) is 0 Å². The second-order valence-corrected chi connectivity index (χ2v) is 10.9. The third kappa shape index (κ3) is 3.89. The van der Waals surface area contributed by atoms with Gasteiger partial charge in [0.2, 0.25) is 0 Å². The fourth-order valence-corrected chi connectivity index (χ4v) is 7.32. The highest BCUT2D eigenvalue weighted by Gasteiger charge is 2.30. The summed E-state index contributed by atoms with van der Waals surface area (Å²) in [5, 5.41) is 3.01. The van der Waals surface area contributed by atoms with Gasteiger partial charge in [0, 0.05) is 0 Å². The smallest absolute Gasteiger partial charge is 0.00497 e. The van der Waals surface area contributed by atoms with Crippen molar-refractivity contribution >= 4 is 10.8 Å². The van der Waals surface area contributed by atoms with Crippen LogP contribution in [0.5, 0.6) is 0 Å². The lowest BCUT2D eigenvalue weighted by molar-refractivity contribution is 0.672. The minimum Gasteiger partial charge on any atom is -0.0661 e. The van der Waals surface area contributed by atoms with E-state index in [-0.39, 0.29) is 0 Å². The Labute approximate surface area is 195 Å². The van der Waals surface area contributed by atoms with Crippen LogP contribution in [-0.2, 0) is 12.8 Å². The van der Waals surface area contributed by atoms with E-state index in [1.165, 1.54) is 114 Å². The van der Waals surface area contributed by atoms with E-state index in [1.54, 1.807) is 27.8 Å². The van der Waals surface area contributed by atoms with Crippen LogP contribution in [0.3, 0.4) is 0 Å². The van der Waals surface area contributed by atoms with Crippen molar-refractivity contribution in [2.45, 2.75) is 109 Å². The average molecular weight is 424 g/mol. The number of hydrogen-bond acceptors (Lipinski definition) is 0. The lowest BCUT2D eigenvalue weighted by Crippen LogP contribution is -2.09. The predicted octanol–water partition coefficient (Wildman–Crippen LogP) is 9.32.